The first-order chi connectivity index (χ1) is 7.62. The first-order valence-electron chi connectivity index (χ1n) is 4.31. The Morgan fingerprint density at radius 3 is 2.41 bits per heavy atom. The van der Waals surface area contributed by atoms with E-state index in [2.05, 4.69) is 0 Å². The zero-order valence-electron chi connectivity index (χ0n) is 8.82. The molecule has 1 rings (SSSR count). The number of thiophene rings is 1. The minimum Gasteiger partial charge on any atom is -0.282 e. The molecule has 1 atom stereocenters. The lowest BCUT2D eigenvalue weighted by atomic mass is 10.4. The monoisotopic (exact) mass is 371 g/mol. The van der Waals surface area contributed by atoms with Crippen LogP contribution in [0.25, 0.3) is 0 Å². The van der Waals surface area contributed by atoms with Crippen LogP contribution in [-0.2, 0) is 19.9 Å². The first-order valence-corrected chi connectivity index (χ1v) is 9.25. The molecule has 0 aliphatic heterocycles. The number of aryl methyl sites for hydroxylation is 1. The van der Waals surface area contributed by atoms with Gasteiger partial charge in [0, 0.05) is 18.2 Å². The van der Waals surface area contributed by atoms with Crippen molar-refractivity contribution in [3.63, 3.8) is 0 Å². The van der Waals surface area contributed by atoms with E-state index in [1.165, 1.54) is 15.6 Å². The van der Waals surface area contributed by atoms with Gasteiger partial charge >= 0.3 is 0 Å². The minimum absolute atomic E-state index is 0.727. The fourth-order valence-electron chi connectivity index (χ4n) is 1.09. The van der Waals surface area contributed by atoms with Crippen molar-refractivity contribution < 1.29 is 4.21 Å². The lowest BCUT2D eigenvalue weighted by Gasteiger charge is -2.31. The molecule has 0 amide bonds. The molecule has 1 aromatic rings. The molecule has 0 aromatic carbocycles. The van der Waals surface area contributed by atoms with Crippen LogP contribution >= 0.6 is 57.7 Å². The molecule has 2 nitrogen and oxygen atoms in total. The van der Waals surface area contributed by atoms with Gasteiger partial charge in [-0.2, -0.15) is 0 Å². The maximum absolute atomic E-state index is 12.5. The summed E-state index contributed by atoms with van der Waals surface area (Å²) in [4.78, 5) is -1.25. The van der Waals surface area contributed by atoms with Crippen LogP contribution in [0.3, 0.4) is 0 Å². The van der Waals surface area contributed by atoms with E-state index in [4.69, 9.17) is 57.6 Å². The summed E-state index contributed by atoms with van der Waals surface area (Å²) in [5.74, 6) is 0. The Balaban J connectivity index is 3.21. The van der Waals surface area contributed by atoms with E-state index in [1.54, 1.807) is 7.05 Å². The van der Waals surface area contributed by atoms with Gasteiger partial charge in [-0.1, -0.05) is 23.2 Å². The zero-order chi connectivity index (χ0) is 13.4. The third-order valence-corrected chi connectivity index (χ3v) is 10.2. The van der Waals surface area contributed by atoms with E-state index in [0.717, 1.165) is 10.6 Å². The number of nitrogens with zero attached hydrogens (tertiary/aromatic N) is 1. The number of rotatable bonds is 4. The molecule has 0 N–H and O–H groups in total. The molecule has 1 aromatic heterocycles. The fraction of sp³-hybridized carbons (Fsp3) is 0.500. The maximum Gasteiger partial charge on any atom is 0.241 e. The molecule has 17 heavy (non-hydrogen) atoms. The van der Waals surface area contributed by atoms with Crippen LogP contribution in [0.2, 0.25) is 0 Å². The normalized spacial score (nSPS) is 15.9. The van der Waals surface area contributed by atoms with E-state index in [1.807, 2.05) is 18.4 Å². The smallest absolute Gasteiger partial charge is 0.241 e. The molecule has 0 radical (unpaired) electrons. The maximum atomic E-state index is 12.5. The third-order valence-electron chi connectivity index (χ3n) is 2.08. The van der Waals surface area contributed by atoms with Gasteiger partial charge < -0.3 is 0 Å². The largest absolute Gasteiger partial charge is 0.282 e. The number of halogens is 4. The highest BCUT2D eigenvalue weighted by atomic mass is 35.5. The summed E-state index contributed by atoms with van der Waals surface area (Å²) in [6.45, 7) is 1.87. The fourth-order valence-corrected chi connectivity index (χ4v) is 5.61. The second kappa shape index (κ2) is 5.57. The Kier molecular flexibility index (Phi) is 5.27. The van der Waals surface area contributed by atoms with Crippen molar-refractivity contribution in [3.05, 3.63) is 17.0 Å². The molecule has 1 heterocycles. The first kappa shape index (κ1) is 16.1. The van der Waals surface area contributed by atoms with Gasteiger partial charge in [0.25, 0.3) is 0 Å². The van der Waals surface area contributed by atoms with Crippen LogP contribution < -0.4 is 4.31 Å². The number of anilines is 1. The van der Waals surface area contributed by atoms with Crippen LogP contribution in [0.5, 0.6) is 0 Å². The molecule has 0 saturated heterocycles. The summed E-state index contributed by atoms with van der Waals surface area (Å²) >= 11 is 29.5. The average molecular weight is 373 g/mol. The summed E-state index contributed by atoms with van der Waals surface area (Å²) in [5.41, 5.74) is 0.930. The molecule has 0 bridgehead atoms. The predicted octanol–water partition coefficient (Wildman–Crippen LogP) is 4.09. The van der Waals surface area contributed by atoms with E-state index < -0.39 is 17.2 Å². The van der Waals surface area contributed by atoms with Crippen LogP contribution in [-0.4, -0.2) is 19.8 Å². The minimum atomic E-state index is -3.24. The van der Waals surface area contributed by atoms with E-state index in [-0.39, 0.29) is 0 Å². The van der Waals surface area contributed by atoms with Gasteiger partial charge in [-0.05, 0) is 23.9 Å². The molecule has 0 saturated carbocycles. The SMILES string of the molecule is Cc1ccsc1N(C)S(=O)(=S)C(Cl)(Cl)C(Cl)Cl. The van der Waals surface area contributed by atoms with E-state index in [0.29, 0.717) is 0 Å². The average Bonchev–Trinajstić information content (AvgIpc) is 2.62. The summed E-state index contributed by atoms with van der Waals surface area (Å²) in [7, 11) is -1.68. The highest BCUT2D eigenvalue weighted by Crippen LogP contribution is 2.42. The molecule has 0 fully saturated rings. The zero-order valence-corrected chi connectivity index (χ0v) is 14.3. The quantitative estimate of drug-likeness (QED) is 0.742. The summed E-state index contributed by atoms with van der Waals surface area (Å²) in [6, 6.07) is 1.88. The van der Waals surface area contributed by atoms with Crippen molar-refractivity contribution in [2.45, 2.75) is 15.4 Å². The lowest BCUT2D eigenvalue weighted by molar-refractivity contribution is 0.676. The molecule has 9 heteroatoms. The standard InChI is InChI=1S/C8H9Cl4NOS3/c1-5-3-4-16-6(5)13(2)17(14,15)8(11,12)7(9)10/h3-4,7H,1-2H3. The molecule has 0 aliphatic carbocycles. The van der Waals surface area contributed by atoms with Gasteiger partial charge in [-0.25, -0.2) is 4.21 Å². The number of hydrogen-bond acceptors (Lipinski definition) is 3. The van der Waals surface area contributed by atoms with E-state index >= 15 is 0 Å². The lowest BCUT2D eigenvalue weighted by Crippen LogP contribution is -2.42. The van der Waals surface area contributed by atoms with Crippen molar-refractivity contribution in [3.8, 4) is 0 Å². The Morgan fingerprint density at radius 2 is 2.06 bits per heavy atom. The van der Waals surface area contributed by atoms with Crippen LogP contribution in [0.1, 0.15) is 5.56 Å². The molecule has 0 spiro atoms. The van der Waals surface area contributed by atoms with Gasteiger partial charge in [0.15, 0.2) is 13.5 Å². The van der Waals surface area contributed by atoms with Crippen molar-refractivity contribution in [2.24, 2.45) is 0 Å². The van der Waals surface area contributed by atoms with Gasteiger partial charge in [-0.15, -0.1) is 34.5 Å². The van der Waals surface area contributed by atoms with Crippen molar-refractivity contribution in [1.29, 1.82) is 0 Å². The van der Waals surface area contributed by atoms with Crippen LogP contribution in [0.15, 0.2) is 11.4 Å². The molecular weight excluding hydrogens is 364 g/mol. The Morgan fingerprint density at radius 1 is 1.53 bits per heavy atom. The molecular formula is C8H9Cl4NOS3. The van der Waals surface area contributed by atoms with Gasteiger partial charge in [0.05, 0.1) is 0 Å². The molecule has 98 valence electrons. The third kappa shape index (κ3) is 2.96. The number of alkyl halides is 4. The predicted molar refractivity (Wildman–Crippen MR) is 82.9 cm³/mol. The van der Waals surface area contributed by atoms with Crippen molar-refractivity contribution >= 4 is 82.6 Å². The molecule has 0 aliphatic rings. The molecule has 1 unspecified atom stereocenters. The van der Waals surface area contributed by atoms with Crippen LogP contribution in [0, 0.1) is 6.92 Å². The van der Waals surface area contributed by atoms with E-state index in [9.17, 15) is 4.21 Å². The van der Waals surface area contributed by atoms with Gasteiger partial charge in [0.1, 0.15) is 5.00 Å². The second-order valence-corrected chi connectivity index (χ2v) is 10.6. The summed E-state index contributed by atoms with van der Waals surface area (Å²) < 4.78 is 12.0. The Hall–Kier alpha value is 1.03. The Bertz CT molecular complexity index is 497. The highest BCUT2D eigenvalue weighted by molar-refractivity contribution is 8.35. The summed E-state index contributed by atoms with van der Waals surface area (Å²) in [5, 5.41) is 2.58. The van der Waals surface area contributed by atoms with Gasteiger partial charge in [0.2, 0.25) is 3.67 Å². The van der Waals surface area contributed by atoms with Crippen molar-refractivity contribution in [2.75, 3.05) is 11.4 Å². The van der Waals surface area contributed by atoms with Crippen molar-refractivity contribution in [1.82, 2.24) is 0 Å². The number of hydrogen-bond donors (Lipinski definition) is 0. The Labute approximate surface area is 130 Å². The second-order valence-electron chi connectivity index (χ2n) is 3.24. The summed E-state index contributed by atoms with van der Waals surface area (Å²) in [6.07, 6.45) is 0. The van der Waals surface area contributed by atoms with Gasteiger partial charge in [-0.3, -0.25) is 4.31 Å². The topological polar surface area (TPSA) is 20.3 Å². The van der Waals surface area contributed by atoms with Crippen LogP contribution in [0.4, 0.5) is 5.00 Å². The highest BCUT2D eigenvalue weighted by Gasteiger charge is 2.46.